The molecule has 1 heterocycles. The number of ether oxygens (including phenoxy) is 1. The number of carbonyl (C=O) groups excluding carboxylic acids is 2. The molecule has 0 fully saturated rings. The van der Waals surface area contributed by atoms with E-state index in [2.05, 4.69) is 20.4 Å². The molecular weight excluding hydrogens is 224 g/mol. The van der Waals surface area contributed by atoms with Gasteiger partial charge in [-0.1, -0.05) is 0 Å². The van der Waals surface area contributed by atoms with Crippen molar-refractivity contribution in [1.82, 2.24) is 10.3 Å². The van der Waals surface area contributed by atoms with Gasteiger partial charge < -0.3 is 21.1 Å². The van der Waals surface area contributed by atoms with Crippen LogP contribution >= 0.6 is 0 Å². The van der Waals surface area contributed by atoms with Crippen LogP contribution in [0.4, 0.5) is 10.6 Å². The van der Waals surface area contributed by atoms with Crippen molar-refractivity contribution in [2.75, 3.05) is 25.5 Å². The van der Waals surface area contributed by atoms with Gasteiger partial charge in [0.25, 0.3) is 5.91 Å². The van der Waals surface area contributed by atoms with Crippen LogP contribution < -0.4 is 16.4 Å². The number of nitrogens with zero attached hydrogens (tertiary/aromatic N) is 1. The predicted octanol–water partition coefficient (Wildman–Crippen LogP) is -0.0516. The first-order valence-corrected chi connectivity index (χ1v) is 4.98. The summed E-state index contributed by atoms with van der Waals surface area (Å²) in [5, 5.41) is 5.39. The quantitative estimate of drug-likeness (QED) is 0.623. The summed E-state index contributed by atoms with van der Waals surface area (Å²) < 4.78 is 4.48. The molecule has 4 N–H and O–H groups in total. The molecule has 0 saturated carbocycles. The number of rotatable bonds is 5. The molecule has 0 atom stereocenters. The lowest BCUT2D eigenvalue weighted by molar-refractivity contribution is 0.0937. The Kier molecular flexibility index (Phi) is 4.74. The predicted molar refractivity (Wildman–Crippen MR) is 61.7 cm³/mol. The van der Waals surface area contributed by atoms with Crippen LogP contribution in [0.2, 0.25) is 0 Å². The standard InChI is InChI=1S/C10H14N4O3/c1-12-8-7(3-2-4-13-8)9(15)14-5-6-17-10(11)16/h2-4H,5-6H2,1H3,(H2,11,16)(H,12,13)(H,14,15). The molecule has 0 saturated heterocycles. The van der Waals surface area contributed by atoms with E-state index >= 15 is 0 Å². The zero-order valence-corrected chi connectivity index (χ0v) is 9.40. The molecule has 0 spiro atoms. The molecule has 0 aliphatic carbocycles. The fourth-order valence-corrected chi connectivity index (χ4v) is 1.20. The van der Waals surface area contributed by atoms with Gasteiger partial charge in [0, 0.05) is 13.2 Å². The van der Waals surface area contributed by atoms with Crippen molar-refractivity contribution < 1.29 is 14.3 Å². The lowest BCUT2D eigenvalue weighted by Crippen LogP contribution is -2.29. The highest BCUT2D eigenvalue weighted by molar-refractivity contribution is 5.98. The van der Waals surface area contributed by atoms with Crippen LogP contribution in [0.3, 0.4) is 0 Å². The van der Waals surface area contributed by atoms with Crippen LogP contribution in [0.25, 0.3) is 0 Å². The fourth-order valence-electron chi connectivity index (χ4n) is 1.20. The fraction of sp³-hybridized carbons (Fsp3) is 0.300. The number of nitrogens with two attached hydrogens (primary N) is 1. The number of primary amides is 1. The van der Waals surface area contributed by atoms with Crippen molar-refractivity contribution in [1.29, 1.82) is 0 Å². The minimum absolute atomic E-state index is 0.0379. The Morgan fingerprint density at radius 1 is 1.53 bits per heavy atom. The van der Waals surface area contributed by atoms with Crippen molar-refractivity contribution in [2.24, 2.45) is 5.73 Å². The van der Waals surface area contributed by atoms with Gasteiger partial charge in [-0.05, 0) is 12.1 Å². The number of hydrogen-bond acceptors (Lipinski definition) is 5. The first kappa shape index (κ1) is 12.8. The highest BCUT2D eigenvalue weighted by Crippen LogP contribution is 2.09. The minimum atomic E-state index is -0.864. The Hall–Kier alpha value is -2.31. The summed E-state index contributed by atoms with van der Waals surface area (Å²) in [5.41, 5.74) is 5.20. The van der Waals surface area contributed by atoms with E-state index < -0.39 is 6.09 Å². The number of hydrogen-bond donors (Lipinski definition) is 3. The number of carbonyl (C=O) groups is 2. The van der Waals surface area contributed by atoms with E-state index in [0.29, 0.717) is 11.4 Å². The maximum atomic E-state index is 11.7. The van der Waals surface area contributed by atoms with Gasteiger partial charge in [-0.3, -0.25) is 4.79 Å². The molecule has 0 radical (unpaired) electrons. The van der Waals surface area contributed by atoms with Crippen LogP contribution in [0.5, 0.6) is 0 Å². The summed E-state index contributed by atoms with van der Waals surface area (Å²) in [7, 11) is 1.68. The van der Waals surface area contributed by atoms with E-state index in [1.165, 1.54) is 0 Å². The van der Waals surface area contributed by atoms with Gasteiger partial charge in [0.15, 0.2) is 0 Å². The third-order valence-corrected chi connectivity index (χ3v) is 1.92. The van der Waals surface area contributed by atoms with Crippen LogP contribution in [-0.2, 0) is 4.74 Å². The lowest BCUT2D eigenvalue weighted by Gasteiger charge is -2.08. The van der Waals surface area contributed by atoms with E-state index in [4.69, 9.17) is 5.73 Å². The molecule has 2 amide bonds. The molecule has 7 heteroatoms. The lowest BCUT2D eigenvalue weighted by atomic mass is 10.2. The molecule has 1 rings (SSSR count). The first-order chi connectivity index (χ1) is 8.15. The number of aromatic nitrogens is 1. The summed E-state index contributed by atoms with van der Waals surface area (Å²) in [6.45, 7) is 0.232. The summed E-state index contributed by atoms with van der Waals surface area (Å²) in [5.74, 6) is 0.191. The highest BCUT2D eigenvalue weighted by atomic mass is 16.5. The Labute approximate surface area is 98.4 Å². The molecular formula is C10H14N4O3. The molecule has 7 nitrogen and oxygen atoms in total. The van der Waals surface area contributed by atoms with E-state index in [1.807, 2.05) is 0 Å². The first-order valence-electron chi connectivity index (χ1n) is 4.98. The minimum Gasteiger partial charge on any atom is -0.448 e. The highest BCUT2D eigenvalue weighted by Gasteiger charge is 2.10. The molecule has 92 valence electrons. The Morgan fingerprint density at radius 2 is 2.29 bits per heavy atom. The molecule has 1 aromatic heterocycles. The van der Waals surface area contributed by atoms with E-state index in [9.17, 15) is 9.59 Å². The molecule has 0 unspecified atom stereocenters. The third kappa shape index (κ3) is 3.98. The average molecular weight is 238 g/mol. The number of nitrogens with one attached hydrogen (secondary N) is 2. The zero-order valence-electron chi connectivity index (χ0n) is 9.40. The average Bonchev–Trinajstić information content (AvgIpc) is 2.34. The van der Waals surface area contributed by atoms with Gasteiger partial charge in [-0.15, -0.1) is 0 Å². The van der Waals surface area contributed by atoms with Gasteiger partial charge in [-0.25, -0.2) is 9.78 Å². The van der Waals surface area contributed by atoms with Gasteiger partial charge in [0.2, 0.25) is 0 Å². The van der Waals surface area contributed by atoms with Crippen LogP contribution in [-0.4, -0.2) is 37.2 Å². The maximum Gasteiger partial charge on any atom is 0.404 e. The van der Waals surface area contributed by atoms with Crippen LogP contribution in [0.1, 0.15) is 10.4 Å². The second-order valence-corrected chi connectivity index (χ2v) is 3.07. The van der Waals surface area contributed by atoms with Crippen molar-refractivity contribution in [3.05, 3.63) is 23.9 Å². The van der Waals surface area contributed by atoms with Gasteiger partial charge in [0.05, 0.1) is 12.1 Å². The molecule has 17 heavy (non-hydrogen) atoms. The third-order valence-electron chi connectivity index (χ3n) is 1.92. The monoisotopic (exact) mass is 238 g/mol. The summed E-state index contributed by atoms with van der Waals surface area (Å²) >= 11 is 0. The Bertz CT molecular complexity index is 408. The molecule has 1 aromatic rings. The summed E-state index contributed by atoms with van der Waals surface area (Å²) in [4.78, 5) is 26.0. The molecule has 0 aromatic carbocycles. The van der Waals surface area contributed by atoms with E-state index in [1.54, 1.807) is 25.4 Å². The zero-order chi connectivity index (χ0) is 12.7. The molecule has 0 aliphatic rings. The summed E-state index contributed by atoms with van der Waals surface area (Å²) in [6, 6.07) is 3.30. The topological polar surface area (TPSA) is 106 Å². The van der Waals surface area contributed by atoms with Crippen molar-refractivity contribution in [3.63, 3.8) is 0 Å². The number of anilines is 1. The van der Waals surface area contributed by atoms with E-state index in [0.717, 1.165) is 0 Å². The maximum absolute atomic E-state index is 11.7. The van der Waals surface area contributed by atoms with Crippen LogP contribution in [0.15, 0.2) is 18.3 Å². The SMILES string of the molecule is CNc1ncccc1C(=O)NCCOC(N)=O. The second kappa shape index (κ2) is 6.31. The molecule has 0 bridgehead atoms. The molecule has 0 aliphatic heterocycles. The van der Waals surface area contributed by atoms with Gasteiger partial charge in [-0.2, -0.15) is 0 Å². The largest absolute Gasteiger partial charge is 0.448 e. The number of amides is 2. The van der Waals surface area contributed by atoms with E-state index in [-0.39, 0.29) is 19.1 Å². The second-order valence-electron chi connectivity index (χ2n) is 3.07. The smallest absolute Gasteiger partial charge is 0.404 e. The summed E-state index contributed by atoms with van der Waals surface area (Å²) in [6.07, 6.45) is 0.718. The Balaban J connectivity index is 2.49. The van der Waals surface area contributed by atoms with Gasteiger partial charge >= 0.3 is 6.09 Å². The van der Waals surface area contributed by atoms with Crippen molar-refractivity contribution in [2.45, 2.75) is 0 Å². The van der Waals surface area contributed by atoms with Crippen molar-refractivity contribution >= 4 is 17.8 Å². The van der Waals surface area contributed by atoms with Gasteiger partial charge in [0.1, 0.15) is 12.4 Å². The number of pyridine rings is 1. The van der Waals surface area contributed by atoms with Crippen molar-refractivity contribution in [3.8, 4) is 0 Å². The normalized spacial score (nSPS) is 9.47. The van der Waals surface area contributed by atoms with Crippen LogP contribution in [0, 0.1) is 0 Å². The Morgan fingerprint density at radius 3 is 2.94 bits per heavy atom.